The van der Waals surface area contributed by atoms with Gasteiger partial charge in [0.25, 0.3) is 0 Å². The van der Waals surface area contributed by atoms with Crippen LogP contribution >= 0.6 is 11.8 Å². The van der Waals surface area contributed by atoms with E-state index in [0.29, 0.717) is 23.3 Å². The molecule has 0 aromatic heterocycles. The number of benzene rings is 2. The number of phenols is 2. The van der Waals surface area contributed by atoms with Gasteiger partial charge in [0, 0.05) is 12.8 Å². The van der Waals surface area contributed by atoms with E-state index >= 15 is 0 Å². The molecular formula is C33H45N5O10S. The number of aromatic hydroxyl groups is 2. The molecule has 0 radical (unpaired) electrons. The second-order valence-corrected chi connectivity index (χ2v) is 12.6. The Kier molecular flexibility index (Phi) is 16.4. The number of aliphatic carboxylic acids is 2. The predicted octanol–water partition coefficient (Wildman–Crippen LogP) is 0.508. The molecule has 0 aliphatic carbocycles. The smallest absolute Gasteiger partial charge is 0.326 e. The molecule has 0 fully saturated rings. The summed E-state index contributed by atoms with van der Waals surface area (Å²) in [5, 5.41) is 48.4. The maximum absolute atomic E-state index is 13.8. The van der Waals surface area contributed by atoms with Crippen molar-refractivity contribution < 1.29 is 49.2 Å². The molecule has 15 nitrogen and oxygen atoms in total. The van der Waals surface area contributed by atoms with E-state index in [4.69, 9.17) is 10.8 Å². The summed E-state index contributed by atoms with van der Waals surface area (Å²) >= 11 is 1.40. The number of hydrogen-bond acceptors (Lipinski definition) is 10. The monoisotopic (exact) mass is 703 g/mol. The molecule has 2 aromatic carbocycles. The van der Waals surface area contributed by atoms with Gasteiger partial charge in [-0.25, -0.2) is 4.79 Å². The summed E-state index contributed by atoms with van der Waals surface area (Å²) in [7, 11) is 0. The fraction of sp³-hybridized carbons (Fsp3) is 0.455. The first-order valence-electron chi connectivity index (χ1n) is 15.6. The summed E-state index contributed by atoms with van der Waals surface area (Å²) < 4.78 is 0. The Balaban J connectivity index is 2.34. The predicted molar refractivity (Wildman–Crippen MR) is 182 cm³/mol. The molecule has 0 saturated carbocycles. The molecule has 16 heteroatoms. The van der Waals surface area contributed by atoms with Crippen LogP contribution in [0.1, 0.15) is 44.2 Å². The number of phenolic OH excluding ortho intramolecular Hbond substituents is 2. The van der Waals surface area contributed by atoms with E-state index in [1.54, 1.807) is 32.2 Å². The fourth-order valence-electron chi connectivity index (χ4n) is 4.70. The molecule has 0 aliphatic heterocycles. The molecule has 0 aliphatic rings. The van der Waals surface area contributed by atoms with Crippen LogP contribution in [0.4, 0.5) is 0 Å². The Hall–Kier alpha value is -4.83. The van der Waals surface area contributed by atoms with Gasteiger partial charge < -0.3 is 47.4 Å². The largest absolute Gasteiger partial charge is 0.508 e. The van der Waals surface area contributed by atoms with Gasteiger partial charge in [0.2, 0.25) is 23.6 Å². The van der Waals surface area contributed by atoms with Gasteiger partial charge in [-0.05, 0) is 59.7 Å². The van der Waals surface area contributed by atoms with E-state index < -0.39 is 78.1 Å². The Labute approximate surface area is 288 Å². The van der Waals surface area contributed by atoms with Gasteiger partial charge >= 0.3 is 11.9 Å². The van der Waals surface area contributed by atoms with E-state index in [1.807, 2.05) is 0 Å². The van der Waals surface area contributed by atoms with E-state index in [9.17, 15) is 44.1 Å². The molecule has 0 bridgehead atoms. The minimum atomic E-state index is -1.42. The molecule has 6 atom stereocenters. The van der Waals surface area contributed by atoms with Gasteiger partial charge in [-0.2, -0.15) is 11.8 Å². The number of carboxylic acids is 2. The molecule has 0 spiro atoms. The highest BCUT2D eigenvalue weighted by molar-refractivity contribution is 7.98. The van der Waals surface area contributed by atoms with Gasteiger partial charge in [0.1, 0.15) is 35.7 Å². The molecule has 268 valence electrons. The van der Waals surface area contributed by atoms with E-state index in [-0.39, 0.29) is 30.8 Å². The second-order valence-electron chi connectivity index (χ2n) is 11.6. The van der Waals surface area contributed by atoms with E-state index in [1.165, 1.54) is 48.2 Å². The van der Waals surface area contributed by atoms with Crippen molar-refractivity contribution in [2.24, 2.45) is 11.7 Å². The standard InChI is InChI=1S/C33H45N5O10S/c1-4-18(2)28(38-29(43)23(34)17-27(41)42)32(46)36-25(15-19-5-9-21(39)10-6-19)31(45)35-24(13-14-49-3)30(44)37-26(33(47)48)16-20-7-11-22(40)12-8-20/h5-12,18,23-26,28,39-40H,4,13-17,34H2,1-3H3,(H,35,45)(H,36,46)(H,37,44)(H,38,43)(H,41,42)(H,47,48)/t18-,23-,24-,25-,26-,28-/m0/s1. The van der Waals surface area contributed by atoms with Crippen LogP contribution in [0.2, 0.25) is 0 Å². The number of rotatable bonds is 20. The topological polar surface area (TPSA) is 257 Å². The number of amides is 4. The summed E-state index contributed by atoms with van der Waals surface area (Å²) in [6.07, 6.45) is 1.49. The van der Waals surface area contributed by atoms with Crippen molar-refractivity contribution in [1.82, 2.24) is 21.3 Å². The zero-order valence-electron chi connectivity index (χ0n) is 27.5. The molecule has 0 unspecified atom stereocenters. The maximum Gasteiger partial charge on any atom is 0.326 e. The highest BCUT2D eigenvalue weighted by Crippen LogP contribution is 2.15. The van der Waals surface area contributed by atoms with Crippen LogP contribution in [0.15, 0.2) is 48.5 Å². The third-order valence-electron chi connectivity index (χ3n) is 7.77. The van der Waals surface area contributed by atoms with Crippen LogP contribution < -0.4 is 27.0 Å². The van der Waals surface area contributed by atoms with Gasteiger partial charge in [0.05, 0.1) is 12.5 Å². The van der Waals surface area contributed by atoms with Gasteiger partial charge in [-0.3, -0.25) is 24.0 Å². The first kappa shape index (κ1) is 40.3. The van der Waals surface area contributed by atoms with Crippen LogP contribution in [-0.2, 0) is 41.6 Å². The van der Waals surface area contributed by atoms with Crippen molar-refractivity contribution in [3.05, 3.63) is 59.7 Å². The molecule has 10 N–H and O–H groups in total. The third-order valence-corrected chi connectivity index (χ3v) is 8.41. The lowest BCUT2D eigenvalue weighted by Gasteiger charge is -2.28. The second kappa shape index (κ2) is 19.9. The lowest BCUT2D eigenvalue weighted by Crippen LogP contribution is -2.60. The molecule has 2 aromatic rings. The Morgan fingerprint density at radius 3 is 1.65 bits per heavy atom. The van der Waals surface area contributed by atoms with Crippen molar-refractivity contribution in [1.29, 1.82) is 0 Å². The highest BCUT2D eigenvalue weighted by Gasteiger charge is 2.34. The quantitative estimate of drug-likeness (QED) is 0.0914. The van der Waals surface area contributed by atoms with Crippen molar-refractivity contribution in [2.75, 3.05) is 12.0 Å². The van der Waals surface area contributed by atoms with Gasteiger partial charge in [-0.15, -0.1) is 0 Å². The van der Waals surface area contributed by atoms with Crippen molar-refractivity contribution in [3.63, 3.8) is 0 Å². The number of nitrogens with one attached hydrogen (secondary N) is 4. The average Bonchev–Trinajstić information content (AvgIpc) is 3.05. The fourth-order valence-corrected chi connectivity index (χ4v) is 5.17. The molecular weight excluding hydrogens is 658 g/mol. The van der Waals surface area contributed by atoms with E-state index in [0.717, 1.165) is 0 Å². The number of thioether (sulfide) groups is 1. The third kappa shape index (κ3) is 13.7. The minimum absolute atomic E-state index is 0.00642. The Morgan fingerprint density at radius 1 is 0.714 bits per heavy atom. The lowest BCUT2D eigenvalue weighted by molar-refractivity contribution is -0.142. The summed E-state index contributed by atoms with van der Waals surface area (Å²) in [6.45, 7) is 3.46. The number of hydrogen-bond donors (Lipinski definition) is 9. The molecule has 49 heavy (non-hydrogen) atoms. The molecule has 0 saturated heterocycles. The highest BCUT2D eigenvalue weighted by atomic mass is 32.2. The van der Waals surface area contributed by atoms with Crippen LogP contribution in [0.25, 0.3) is 0 Å². The normalized spacial score (nSPS) is 14.6. The SMILES string of the molecule is CC[C@H](C)[C@H](NC(=O)[C@@H](N)CC(=O)O)C(=O)N[C@@H](Cc1ccc(O)cc1)C(=O)N[C@@H](CCSC)C(=O)N[C@@H](Cc1ccc(O)cc1)C(=O)O. The van der Waals surface area contributed by atoms with Crippen molar-refractivity contribution >= 4 is 47.3 Å². The minimum Gasteiger partial charge on any atom is -0.508 e. The summed E-state index contributed by atoms with van der Waals surface area (Å²) in [5.41, 5.74) is 6.78. The molecule has 4 amide bonds. The number of carboxylic acid groups (broad SMARTS) is 2. The van der Waals surface area contributed by atoms with Crippen molar-refractivity contribution in [3.8, 4) is 11.5 Å². The maximum atomic E-state index is 13.8. The van der Waals surface area contributed by atoms with Gasteiger partial charge in [-0.1, -0.05) is 44.5 Å². The number of carbonyl (C=O) groups is 6. The summed E-state index contributed by atoms with van der Waals surface area (Å²) in [4.78, 5) is 76.6. The van der Waals surface area contributed by atoms with Crippen LogP contribution in [0, 0.1) is 5.92 Å². The lowest BCUT2D eigenvalue weighted by atomic mass is 9.96. The van der Waals surface area contributed by atoms with E-state index in [2.05, 4.69) is 21.3 Å². The average molecular weight is 704 g/mol. The Morgan fingerprint density at radius 2 is 1.18 bits per heavy atom. The number of nitrogens with two attached hydrogens (primary N) is 1. The van der Waals surface area contributed by atoms with Gasteiger partial charge in [0.15, 0.2) is 0 Å². The van der Waals surface area contributed by atoms with Crippen molar-refractivity contribution in [2.45, 2.75) is 76.2 Å². The Bertz CT molecular complexity index is 1440. The van der Waals surface area contributed by atoms with Crippen LogP contribution in [0.5, 0.6) is 11.5 Å². The first-order valence-corrected chi connectivity index (χ1v) is 17.0. The summed E-state index contributed by atoms with van der Waals surface area (Å²) in [6, 6.07) is 5.23. The molecule has 0 heterocycles. The molecule has 2 rings (SSSR count). The summed E-state index contributed by atoms with van der Waals surface area (Å²) in [5.74, 6) is -5.84. The zero-order chi connectivity index (χ0) is 36.7. The van der Waals surface area contributed by atoms with Crippen LogP contribution in [-0.4, -0.2) is 98.2 Å². The zero-order valence-corrected chi connectivity index (χ0v) is 28.4. The van der Waals surface area contributed by atoms with Crippen LogP contribution in [0.3, 0.4) is 0 Å². The first-order chi connectivity index (χ1) is 23.1. The number of carbonyl (C=O) groups excluding carboxylic acids is 4.